The van der Waals surface area contributed by atoms with E-state index >= 15 is 0 Å². The number of hydrogen-bond acceptors (Lipinski definition) is 3. The van der Waals surface area contributed by atoms with Gasteiger partial charge in [0.2, 0.25) is 0 Å². The lowest BCUT2D eigenvalue weighted by Gasteiger charge is -2.10. The van der Waals surface area contributed by atoms with Gasteiger partial charge in [0.1, 0.15) is 0 Å². The highest BCUT2D eigenvalue weighted by molar-refractivity contribution is 8.00. The van der Waals surface area contributed by atoms with E-state index in [4.69, 9.17) is 4.74 Å². The fraction of sp³-hybridized carbons (Fsp3) is 0.571. The van der Waals surface area contributed by atoms with E-state index in [1.807, 2.05) is 0 Å². The lowest BCUT2D eigenvalue weighted by molar-refractivity contribution is 0.185. The Balaban J connectivity index is 1.70. The molecular formula is C14H21NOS. The lowest BCUT2D eigenvalue weighted by Crippen LogP contribution is -2.22. The largest absolute Gasteiger partial charge is 0.380 e. The molecule has 2 nitrogen and oxygen atoms in total. The Labute approximate surface area is 108 Å². The van der Waals surface area contributed by atoms with Gasteiger partial charge < -0.3 is 10.1 Å². The molecule has 0 amide bonds. The van der Waals surface area contributed by atoms with Crippen LogP contribution in [0, 0.1) is 0 Å². The van der Waals surface area contributed by atoms with E-state index < -0.39 is 0 Å². The van der Waals surface area contributed by atoms with Crippen LogP contribution in [0.4, 0.5) is 0 Å². The van der Waals surface area contributed by atoms with Crippen molar-refractivity contribution in [2.45, 2.75) is 31.2 Å². The van der Waals surface area contributed by atoms with Crippen LogP contribution in [0.5, 0.6) is 0 Å². The molecule has 1 aromatic rings. The first-order chi connectivity index (χ1) is 8.38. The summed E-state index contributed by atoms with van der Waals surface area (Å²) in [5.41, 5.74) is 2.59. The van der Waals surface area contributed by atoms with Crippen LogP contribution in [-0.4, -0.2) is 24.7 Å². The number of nitrogens with one attached hydrogen (secondary N) is 1. The summed E-state index contributed by atoms with van der Waals surface area (Å²) in [5, 5.41) is 4.38. The van der Waals surface area contributed by atoms with Crippen LogP contribution in [0.1, 0.15) is 24.0 Å². The minimum Gasteiger partial charge on any atom is -0.380 e. The van der Waals surface area contributed by atoms with Crippen molar-refractivity contribution in [1.82, 2.24) is 5.32 Å². The quantitative estimate of drug-likeness (QED) is 0.840. The molecular weight excluding hydrogens is 230 g/mol. The van der Waals surface area contributed by atoms with E-state index in [1.165, 1.54) is 29.7 Å². The molecule has 94 valence electrons. The van der Waals surface area contributed by atoms with Crippen LogP contribution in [0.3, 0.4) is 0 Å². The molecule has 1 aliphatic rings. The summed E-state index contributed by atoms with van der Waals surface area (Å²) in [6.45, 7) is 2.82. The zero-order valence-corrected chi connectivity index (χ0v) is 11.3. The van der Waals surface area contributed by atoms with Crippen LogP contribution >= 0.6 is 11.8 Å². The van der Waals surface area contributed by atoms with Crippen molar-refractivity contribution < 1.29 is 4.74 Å². The summed E-state index contributed by atoms with van der Waals surface area (Å²) < 4.78 is 5.10. The monoisotopic (exact) mass is 251 g/mol. The van der Waals surface area contributed by atoms with Crippen LogP contribution in [-0.2, 0) is 17.9 Å². The number of hydrogen-bond donors (Lipinski definition) is 1. The Morgan fingerprint density at radius 1 is 1.29 bits per heavy atom. The maximum atomic E-state index is 5.10. The SMILES string of the molecule is COCc1ccc(CNCC2CCCS2)cc1. The molecule has 0 spiro atoms. The maximum absolute atomic E-state index is 5.10. The minimum absolute atomic E-state index is 0.701. The van der Waals surface area contributed by atoms with Crippen molar-refractivity contribution in [2.75, 3.05) is 19.4 Å². The molecule has 1 N–H and O–H groups in total. The van der Waals surface area contributed by atoms with Crippen molar-refractivity contribution in [3.05, 3.63) is 35.4 Å². The van der Waals surface area contributed by atoms with Crippen molar-refractivity contribution >= 4 is 11.8 Å². The Hall–Kier alpha value is -0.510. The molecule has 1 atom stereocenters. The topological polar surface area (TPSA) is 21.3 Å². The first-order valence-corrected chi connectivity index (χ1v) is 7.32. The predicted octanol–water partition coefficient (Wildman–Crippen LogP) is 2.82. The van der Waals surface area contributed by atoms with Gasteiger partial charge in [-0.1, -0.05) is 24.3 Å². The zero-order chi connectivity index (χ0) is 11.9. The molecule has 1 saturated heterocycles. The molecule has 1 aliphatic heterocycles. The average molecular weight is 251 g/mol. The highest BCUT2D eigenvalue weighted by Crippen LogP contribution is 2.25. The van der Waals surface area contributed by atoms with Crippen LogP contribution < -0.4 is 5.32 Å². The zero-order valence-electron chi connectivity index (χ0n) is 10.4. The summed E-state index contributed by atoms with van der Waals surface area (Å²) in [6, 6.07) is 8.65. The van der Waals surface area contributed by atoms with Crippen LogP contribution in [0.2, 0.25) is 0 Å². The molecule has 17 heavy (non-hydrogen) atoms. The van der Waals surface area contributed by atoms with Gasteiger partial charge in [-0.15, -0.1) is 0 Å². The number of methoxy groups -OCH3 is 1. The Bertz CT molecular complexity index is 319. The van der Waals surface area contributed by atoms with Gasteiger partial charge in [-0.25, -0.2) is 0 Å². The first-order valence-electron chi connectivity index (χ1n) is 6.27. The fourth-order valence-corrected chi connectivity index (χ4v) is 3.34. The molecule has 1 aromatic carbocycles. The Kier molecular flexibility index (Phi) is 5.36. The summed E-state index contributed by atoms with van der Waals surface area (Å²) in [5.74, 6) is 1.35. The van der Waals surface area contributed by atoms with Gasteiger partial charge >= 0.3 is 0 Å². The van der Waals surface area contributed by atoms with Gasteiger partial charge in [-0.3, -0.25) is 0 Å². The molecule has 3 heteroatoms. The van der Waals surface area contributed by atoms with Gasteiger partial charge in [0.25, 0.3) is 0 Å². The third kappa shape index (κ3) is 4.34. The summed E-state index contributed by atoms with van der Waals surface area (Å²) in [7, 11) is 1.73. The standard InChI is InChI=1S/C14H21NOS/c1-16-11-13-6-4-12(5-7-13)9-15-10-14-3-2-8-17-14/h4-7,14-15H,2-3,8-11H2,1H3. The number of ether oxygens (including phenoxy) is 1. The fourth-order valence-electron chi connectivity index (χ4n) is 2.10. The highest BCUT2D eigenvalue weighted by atomic mass is 32.2. The van der Waals surface area contributed by atoms with Crippen molar-refractivity contribution in [3.63, 3.8) is 0 Å². The van der Waals surface area contributed by atoms with Crippen molar-refractivity contribution in [3.8, 4) is 0 Å². The second-order valence-corrected chi connectivity index (χ2v) is 5.92. The maximum Gasteiger partial charge on any atom is 0.0713 e. The molecule has 0 aromatic heterocycles. The van der Waals surface area contributed by atoms with E-state index in [1.54, 1.807) is 7.11 Å². The van der Waals surface area contributed by atoms with Crippen LogP contribution in [0.25, 0.3) is 0 Å². The Morgan fingerprint density at radius 3 is 2.71 bits per heavy atom. The predicted molar refractivity (Wildman–Crippen MR) is 74.3 cm³/mol. The Morgan fingerprint density at radius 2 is 2.06 bits per heavy atom. The second kappa shape index (κ2) is 7.04. The summed E-state index contributed by atoms with van der Waals surface area (Å²) in [6.07, 6.45) is 2.77. The van der Waals surface area contributed by atoms with E-state index in [-0.39, 0.29) is 0 Å². The molecule has 0 bridgehead atoms. The van der Waals surface area contributed by atoms with Gasteiger partial charge in [-0.2, -0.15) is 11.8 Å². The normalized spacial score (nSPS) is 19.7. The molecule has 2 rings (SSSR count). The summed E-state index contributed by atoms with van der Waals surface area (Å²) in [4.78, 5) is 0. The van der Waals surface area contributed by atoms with Gasteiger partial charge in [0, 0.05) is 25.4 Å². The van der Waals surface area contributed by atoms with Gasteiger partial charge in [0.05, 0.1) is 6.61 Å². The van der Waals surface area contributed by atoms with E-state index in [9.17, 15) is 0 Å². The minimum atomic E-state index is 0.701. The van der Waals surface area contributed by atoms with Crippen molar-refractivity contribution in [2.24, 2.45) is 0 Å². The van der Waals surface area contributed by atoms with Crippen molar-refractivity contribution in [1.29, 1.82) is 0 Å². The third-order valence-corrected chi connectivity index (χ3v) is 4.46. The summed E-state index contributed by atoms with van der Waals surface area (Å²) >= 11 is 2.11. The molecule has 1 fully saturated rings. The number of benzene rings is 1. The molecule has 0 saturated carbocycles. The van der Waals surface area contributed by atoms with Gasteiger partial charge in [0.15, 0.2) is 0 Å². The molecule has 1 unspecified atom stereocenters. The lowest BCUT2D eigenvalue weighted by atomic mass is 10.1. The van der Waals surface area contributed by atoms with E-state index in [0.717, 1.165) is 18.3 Å². The van der Waals surface area contributed by atoms with E-state index in [0.29, 0.717) is 6.61 Å². The third-order valence-electron chi connectivity index (χ3n) is 3.06. The second-order valence-electron chi connectivity index (χ2n) is 4.52. The van der Waals surface area contributed by atoms with Crippen LogP contribution in [0.15, 0.2) is 24.3 Å². The molecule has 0 radical (unpaired) electrons. The highest BCUT2D eigenvalue weighted by Gasteiger charge is 2.14. The molecule has 1 heterocycles. The molecule has 0 aliphatic carbocycles. The van der Waals surface area contributed by atoms with E-state index in [2.05, 4.69) is 41.3 Å². The number of rotatable bonds is 6. The smallest absolute Gasteiger partial charge is 0.0713 e. The van der Waals surface area contributed by atoms with Gasteiger partial charge in [-0.05, 0) is 29.7 Å². The first kappa shape index (κ1) is 12.9. The number of thioether (sulfide) groups is 1. The average Bonchev–Trinajstić information content (AvgIpc) is 2.85.